The number of hydrogen-bond donors (Lipinski definition) is 0. The number of ether oxygens (including phenoxy) is 1. The maximum absolute atomic E-state index is 9.75. The van der Waals surface area contributed by atoms with Crippen LogP contribution in [0.15, 0.2) is 65.1 Å². The second kappa shape index (κ2) is 7.81. The lowest BCUT2D eigenvalue weighted by Crippen LogP contribution is -2.02. The fourth-order valence-corrected chi connectivity index (χ4v) is 2.12. The van der Waals surface area contributed by atoms with Crippen LogP contribution in [0.5, 0.6) is 5.75 Å². The third kappa shape index (κ3) is 5.26. The van der Waals surface area contributed by atoms with E-state index < -0.39 is 7.25 Å². The summed E-state index contributed by atoms with van der Waals surface area (Å²) in [7, 11) is -6.00. The average molecular weight is 338 g/mol. The van der Waals surface area contributed by atoms with Crippen LogP contribution in [0.25, 0.3) is 22.3 Å². The van der Waals surface area contributed by atoms with Gasteiger partial charge in [0.2, 0.25) is 0 Å². The highest BCUT2D eigenvalue weighted by Crippen LogP contribution is 2.32. The Morgan fingerprint density at radius 2 is 1.50 bits per heavy atom. The molecule has 0 aliphatic carbocycles. The molecule has 0 unspecified atom stereocenters. The summed E-state index contributed by atoms with van der Waals surface area (Å²) in [6.45, 7) is 2.63. The predicted molar refractivity (Wildman–Crippen MR) is 87.4 cm³/mol. The number of hydrogen-bond acceptors (Lipinski definition) is 1. The average Bonchev–Trinajstić information content (AvgIpc) is 2.54. The summed E-state index contributed by atoms with van der Waals surface area (Å²) in [5.41, 5.74) is 1.89. The van der Waals surface area contributed by atoms with Crippen molar-refractivity contribution in [3.05, 3.63) is 60.7 Å². The van der Waals surface area contributed by atoms with Gasteiger partial charge in [-0.2, -0.15) is 0 Å². The first-order valence-electron chi connectivity index (χ1n) is 7.30. The van der Waals surface area contributed by atoms with Gasteiger partial charge in [-0.15, -0.1) is 0 Å². The lowest BCUT2D eigenvalue weighted by atomic mass is 10.1. The Bertz CT molecular complexity index is 785. The van der Waals surface area contributed by atoms with Crippen molar-refractivity contribution in [3.8, 4) is 17.1 Å². The Labute approximate surface area is 136 Å². The van der Waals surface area contributed by atoms with Crippen LogP contribution >= 0.6 is 0 Å². The third-order valence-electron chi connectivity index (χ3n) is 2.99. The van der Waals surface area contributed by atoms with Gasteiger partial charge in [-0.25, -0.2) is 4.42 Å². The SMILES string of the molecule is CCOc1cc(-c2ccccc2)[o+]c2ccccc12.F[B-](F)(F)F. The molecule has 0 fully saturated rings. The van der Waals surface area contributed by atoms with Gasteiger partial charge in [0.25, 0.3) is 0 Å². The highest BCUT2D eigenvalue weighted by molar-refractivity contribution is 6.50. The molecule has 3 aromatic rings. The largest absolute Gasteiger partial charge is 0.673 e. The molecule has 1 heterocycles. The van der Waals surface area contributed by atoms with Gasteiger partial charge >= 0.3 is 18.6 Å². The molecular weight excluding hydrogens is 323 g/mol. The van der Waals surface area contributed by atoms with Gasteiger partial charge in [0, 0.05) is 6.07 Å². The molecule has 0 aliphatic heterocycles. The van der Waals surface area contributed by atoms with Crippen LogP contribution in [0.3, 0.4) is 0 Å². The van der Waals surface area contributed by atoms with Crippen LogP contribution in [0.4, 0.5) is 17.3 Å². The molecule has 0 N–H and O–H groups in total. The summed E-state index contributed by atoms with van der Waals surface area (Å²) in [6.07, 6.45) is 0. The maximum atomic E-state index is 9.75. The standard InChI is InChI=1S/C17H15O2.BF4/c1-2-18-17-12-16(13-8-4-3-5-9-13)19-15-11-7-6-10-14(15)17;2-1(3,4)5/h3-12H,2H2,1H3;/q+1;-1. The highest BCUT2D eigenvalue weighted by Gasteiger charge is 2.20. The van der Waals surface area contributed by atoms with Crippen LogP contribution in [0.2, 0.25) is 0 Å². The fourth-order valence-electron chi connectivity index (χ4n) is 2.12. The fraction of sp³-hybridized carbons (Fsp3) is 0.118. The van der Waals surface area contributed by atoms with Gasteiger partial charge < -0.3 is 22.0 Å². The molecule has 3 rings (SSSR count). The number of halogens is 4. The first-order chi connectivity index (χ1) is 11.4. The van der Waals surface area contributed by atoms with Crippen molar-refractivity contribution in [1.29, 1.82) is 0 Å². The summed E-state index contributed by atoms with van der Waals surface area (Å²) in [4.78, 5) is 0. The minimum Gasteiger partial charge on any atom is -0.493 e. The van der Waals surface area contributed by atoms with E-state index in [-0.39, 0.29) is 0 Å². The Morgan fingerprint density at radius 3 is 2.12 bits per heavy atom. The van der Waals surface area contributed by atoms with E-state index in [0.29, 0.717) is 6.61 Å². The molecule has 0 amide bonds. The maximum Gasteiger partial charge on any atom is 0.673 e. The van der Waals surface area contributed by atoms with E-state index >= 15 is 0 Å². The Morgan fingerprint density at radius 1 is 0.917 bits per heavy atom. The molecule has 2 nitrogen and oxygen atoms in total. The number of benzene rings is 2. The van der Waals surface area contributed by atoms with Gasteiger partial charge in [-0.3, -0.25) is 0 Å². The molecule has 126 valence electrons. The second-order valence-corrected chi connectivity index (χ2v) is 4.76. The normalized spacial score (nSPS) is 10.9. The van der Waals surface area contributed by atoms with Crippen molar-refractivity contribution in [1.82, 2.24) is 0 Å². The van der Waals surface area contributed by atoms with Crippen LogP contribution < -0.4 is 4.74 Å². The van der Waals surface area contributed by atoms with Crippen LogP contribution in [-0.2, 0) is 0 Å². The van der Waals surface area contributed by atoms with Gasteiger partial charge in [0.1, 0.15) is 11.1 Å². The zero-order chi connectivity index (χ0) is 17.6. The zero-order valence-corrected chi connectivity index (χ0v) is 12.9. The first kappa shape index (κ1) is 17.8. The molecule has 0 bridgehead atoms. The van der Waals surface area contributed by atoms with E-state index in [1.165, 1.54) is 0 Å². The molecule has 0 atom stereocenters. The minimum atomic E-state index is -6.00. The molecule has 0 saturated carbocycles. The van der Waals surface area contributed by atoms with E-state index in [4.69, 9.17) is 9.15 Å². The van der Waals surface area contributed by atoms with E-state index in [1.54, 1.807) is 0 Å². The lowest BCUT2D eigenvalue weighted by molar-refractivity contribution is 0.342. The quantitative estimate of drug-likeness (QED) is 0.328. The van der Waals surface area contributed by atoms with Gasteiger partial charge in [0.15, 0.2) is 0 Å². The summed E-state index contributed by atoms with van der Waals surface area (Å²) in [5, 5.41) is 1.00. The monoisotopic (exact) mass is 338 g/mol. The van der Waals surface area contributed by atoms with Crippen molar-refractivity contribution in [2.24, 2.45) is 0 Å². The van der Waals surface area contributed by atoms with Gasteiger partial charge in [-0.1, -0.05) is 30.3 Å². The van der Waals surface area contributed by atoms with Crippen molar-refractivity contribution in [2.75, 3.05) is 6.61 Å². The Hall–Kier alpha value is -2.57. The molecule has 0 radical (unpaired) electrons. The van der Waals surface area contributed by atoms with E-state index in [0.717, 1.165) is 28.0 Å². The van der Waals surface area contributed by atoms with E-state index in [9.17, 15) is 17.3 Å². The van der Waals surface area contributed by atoms with Crippen molar-refractivity contribution >= 4 is 18.2 Å². The van der Waals surface area contributed by atoms with Crippen LogP contribution in [0, 0.1) is 0 Å². The second-order valence-electron chi connectivity index (χ2n) is 4.76. The first-order valence-corrected chi connectivity index (χ1v) is 7.30. The number of para-hydroxylation sites is 1. The van der Waals surface area contributed by atoms with Crippen LogP contribution in [-0.4, -0.2) is 13.9 Å². The van der Waals surface area contributed by atoms with Gasteiger partial charge in [0.05, 0.1) is 18.2 Å². The molecule has 0 aliphatic rings. The molecule has 1 aromatic heterocycles. The highest BCUT2D eigenvalue weighted by atomic mass is 19.5. The number of rotatable bonds is 3. The third-order valence-corrected chi connectivity index (χ3v) is 2.99. The summed E-state index contributed by atoms with van der Waals surface area (Å²) >= 11 is 0. The van der Waals surface area contributed by atoms with E-state index in [1.807, 2.05) is 67.6 Å². The molecule has 7 heteroatoms. The smallest absolute Gasteiger partial charge is 0.493 e. The lowest BCUT2D eigenvalue weighted by Gasteiger charge is -2.03. The zero-order valence-electron chi connectivity index (χ0n) is 12.9. The Kier molecular flexibility index (Phi) is 5.79. The minimum absolute atomic E-state index is 0.641. The van der Waals surface area contributed by atoms with E-state index in [2.05, 4.69) is 0 Å². The molecule has 0 spiro atoms. The summed E-state index contributed by atoms with van der Waals surface area (Å²) in [5.74, 6) is 1.69. The Balaban J connectivity index is 0.000000368. The topological polar surface area (TPSA) is 20.5 Å². The van der Waals surface area contributed by atoms with Crippen LogP contribution in [0.1, 0.15) is 6.92 Å². The predicted octanol–water partition coefficient (Wildman–Crippen LogP) is 6.08. The van der Waals surface area contributed by atoms with Crippen molar-refractivity contribution < 1.29 is 26.4 Å². The summed E-state index contributed by atoms with van der Waals surface area (Å²) < 4.78 is 50.7. The molecule has 0 saturated heterocycles. The van der Waals surface area contributed by atoms with Gasteiger partial charge in [-0.05, 0) is 25.1 Å². The molecule has 24 heavy (non-hydrogen) atoms. The molecular formula is C17H15BF4O2. The summed E-state index contributed by atoms with van der Waals surface area (Å²) in [6, 6.07) is 19.9. The number of fused-ring (bicyclic) bond motifs is 1. The van der Waals surface area contributed by atoms with Crippen molar-refractivity contribution in [2.45, 2.75) is 6.92 Å². The van der Waals surface area contributed by atoms with Crippen molar-refractivity contribution in [3.63, 3.8) is 0 Å². The molecule has 2 aromatic carbocycles.